The van der Waals surface area contributed by atoms with Crippen molar-refractivity contribution in [1.29, 1.82) is 0 Å². The molecule has 0 radical (unpaired) electrons. The Morgan fingerprint density at radius 3 is 1.74 bits per heavy atom. The number of ketones is 1. The Hall–Kier alpha value is -3.01. The highest BCUT2D eigenvalue weighted by Gasteiger charge is 2.28. The Balaban J connectivity index is 2.61. The van der Waals surface area contributed by atoms with Crippen molar-refractivity contribution < 1.29 is 15.0 Å². The Bertz CT molecular complexity index is 1240. The molecule has 0 saturated carbocycles. The number of carbonyl (C=O) groups excluding carboxylic acids is 1. The van der Waals surface area contributed by atoms with Crippen LogP contribution >= 0.6 is 0 Å². The molecule has 0 aromatic carbocycles. The Kier molecular flexibility index (Phi) is 15.9. The van der Waals surface area contributed by atoms with Gasteiger partial charge in [0.05, 0.1) is 5.60 Å². The molecule has 2 N–H and O–H groups in total. The minimum Gasteiger partial charge on any atom is -0.390 e. The van der Waals surface area contributed by atoms with Gasteiger partial charge < -0.3 is 10.2 Å². The summed E-state index contributed by atoms with van der Waals surface area (Å²) in [6, 6.07) is 0. The molecule has 0 aliphatic heterocycles. The van der Waals surface area contributed by atoms with Gasteiger partial charge in [0.25, 0.3) is 0 Å². The van der Waals surface area contributed by atoms with E-state index in [0.29, 0.717) is 19.3 Å². The summed E-state index contributed by atoms with van der Waals surface area (Å²) >= 11 is 0. The van der Waals surface area contributed by atoms with Crippen molar-refractivity contribution in [2.75, 3.05) is 0 Å². The van der Waals surface area contributed by atoms with Crippen molar-refractivity contribution in [1.82, 2.24) is 0 Å². The van der Waals surface area contributed by atoms with Gasteiger partial charge in [-0.15, -0.1) is 0 Å². The van der Waals surface area contributed by atoms with Crippen LogP contribution < -0.4 is 0 Å². The first kappa shape index (κ1) is 38.0. The molecule has 1 aliphatic rings. The zero-order valence-corrected chi connectivity index (χ0v) is 28.6. The number of allylic oxidation sites excluding steroid dienone is 19. The van der Waals surface area contributed by atoms with Gasteiger partial charge in [-0.2, -0.15) is 0 Å². The van der Waals surface area contributed by atoms with Gasteiger partial charge in [-0.3, -0.25) is 4.79 Å². The smallest absolute Gasteiger partial charge is 0.186 e. The summed E-state index contributed by atoms with van der Waals surface area (Å²) in [6.07, 6.45) is 33.4. The van der Waals surface area contributed by atoms with Gasteiger partial charge in [-0.1, -0.05) is 121 Å². The largest absolute Gasteiger partial charge is 0.390 e. The van der Waals surface area contributed by atoms with Gasteiger partial charge in [-0.25, -0.2) is 0 Å². The van der Waals surface area contributed by atoms with Crippen molar-refractivity contribution in [2.24, 2.45) is 5.41 Å². The van der Waals surface area contributed by atoms with Crippen molar-refractivity contribution in [3.05, 3.63) is 119 Å². The SMILES string of the molecule is CC1=C(/C=C/C(C)=C/C=C/C(C)=C/C=C/C=C(C)/C=C/C=C(C)/C=C/C(=O)C(C)(O)CCCC(C)(C)O)C(C)(C)CCC1. The highest BCUT2D eigenvalue weighted by molar-refractivity contribution is 5.96. The van der Waals surface area contributed by atoms with E-state index in [4.69, 9.17) is 0 Å². The molecular weight excluding hydrogens is 528 g/mol. The highest BCUT2D eigenvalue weighted by atomic mass is 16.3. The fourth-order valence-corrected chi connectivity index (χ4v) is 4.94. The summed E-state index contributed by atoms with van der Waals surface area (Å²) < 4.78 is 0. The normalized spacial score (nSPS) is 19.6. The molecule has 1 rings (SSSR count). The van der Waals surface area contributed by atoms with E-state index in [1.165, 1.54) is 54.6 Å². The third-order valence-electron chi connectivity index (χ3n) is 7.80. The van der Waals surface area contributed by atoms with Crippen molar-refractivity contribution in [3.8, 4) is 0 Å². The highest BCUT2D eigenvalue weighted by Crippen LogP contribution is 2.40. The van der Waals surface area contributed by atoms with Crippen LogP contribution in [0.5, 0.6) is 0 Å². The van der Waals surface area contributed by atoms with E-state index < -0.39 is 11.2 Å². The lowest BCUT2D eigenvalue weighted by Crippen LogP contribution is -2.34. The molecule has 236 valence electrons. The fraction of sp³-hybridized carbons (Fsp3) is 0.475. The molecule has 0 fully saturated rings. The second-order valence-corrected chi connectivity index (χ2v) is 13.6. The molecule has 0 saturated heterocycles. The van der Waals surface area contributed by atoms with E-state index in [0.717, 1.165) is 11.1 Å². The minimum atomic E-state index is -1.43. The molecule has 3 nitrogen and oxygen atoms in total. The molecule has 0 bridgehead atoms. The molecule has 3 heteroatoms. The van der Waals surface area contributed by atoms with E-state index in [2.05, 4.69) is 77.2 Å². The van der Waals surface area contributed by atoms with E-state index >= 15 is 0 Å². The minimum absolute atomic E-state index is 0.265. The second-order valence-electron chi connectivity index (χ2n) is 13.6. The number of aliphatic hydroxyl groups is 2. The van der Waals surface area contributed by atoms with E-state index in [-0.39, 0.29) is 11.2 Å². The first-order valence-electron chi connectivity index (χ1n) is 15.7. The lowest BCUT2D eigenvalue weighted by atomic mass is 9.72. The maximum absolute atomic E-state index is 12.4. The summed E-state index contributed by atoms with van der Waals surface area (Å²) in [5.74, 6) is -0.325. The molecule has 0 amide bonds. The van der Waals surface area contributed by atoms with Crippen LogP contribution in [-0.4, -0.2) is 27.2 Å². The summed E-state index contributed by atoms with van der Waals surface area (Å²) in [5, 5.41) is 20.3. The average Bonchev–Trinajstić information content (AvgIpc) is 2.88. The Labute approximate surface area is 263 Å². The first-order chi connectivity index (χ1) is 19.9. The quantitative estimate of drug-likeness (QED) is 0.148. The second kappa shape index (κ2) is 18.0. The van der Waals surface area contributed by atoms with Crippen molar-refractivity contribution in [3.63, 3.8) is 0 Å². The van der Waals surface area contributed by atoms with Crippen LogP contribution in [0.1, 0.15) is 108 Å². The number of rotatable bonds is 15. The standard InChI is InChI=1S/C40H58O3/c1-31(19-13-21-33(3)24-26-36-35(5)23-15-28-38(36,6)7)17-11-12-18-32(2)20-14-22-34(4)25-27-37(41)40(10,43)30-16-29-39(8,9)42/h11-14,17-22,24-27,42-43H,15-16,23,28-30H2,1-10H3/b12-11+,19-13+,20-14+,26-24+,27-25+,31-17+,32-18+,33-21+,34-22+. The number of hydrogen-bond acceptors (Lipinski definition) is 3. The molecule has 1 aliphatic carbocycles. The lowest BCUT2D eigenvalue weighted by Gasteiger charge is -2.32. The van der Waals surface area contributed by atoms with E-state index in [1.54, 1.807) is 19.9 Å². The van der Waals surface area contributed by atoms with Gasteiger partial charge in [-0.05, 0) is 111 Å². The van der Waals surface area contributed by atoms with Crippen LogP contribution in [0.15, 0.2) is 119 Å². The van der Waals surface area contributed by atoms with Crippen LogP contribution in [0.3, 0.4) is 0 Å². The monoisotopic (exact) mass is 586 g/mol. The fourth-order valence-electron chi connectivity index (χ4n) is 4.94. The predicted molar refractivity (Wildman–Crippen MR) is 187 cm³/mol. The van der Waals surface area contributed by atoms with Crippen LogP contribution in [-0.2, 0) is 4.79 Å². The number of carbonyl (C=O) groups is 1. The topological polar surface area (TPSA) is 57.5 Å². The van der Waals surface area contributed by atoms with Crippen LogP contribution in [0.25, 0.3) is 0 Å². The first-order valence-corrected chi connectivity index (χ1v) is 15.7. The number of hydrogen-bond donors (Lipinski definition) is 2. The third kappa shape index (κ3) is 16.4. The van der Waals surface area contributed by atoms with E-state index in [1.807, 2.05) is 44.2 Å². The summed E-state index contributed by atoms with van der Waals surface area (Å²) in [7, 11) is 0. The van der Waals surface area contributed by atoms with Crippen LogP contribution in [0.4, 0.5) is 0 Å². The average molecular weight is 587 g/mol. The van der Waals surface area contributed by atoms with Crippen LogP contribution in [0.2, 0.25) is 0 Å². The molecule has 0 heterocycles. The van der Waals surface area contributed by atoms with Gasteiger partial charge in [0.2, 0.25) is 0 Å². The molecule has 1 atom stereocenters. The Morgan fingerprint density at radius 1 is 0.744 bits per heavy atom. The molecule has 0 aromatic heterocycles. The summed E-state index contributed by atoms with van der Waals surface area (Å²) in [6.45, 7) is 20.2. The van der Waals surface area contributed by atoms with Gasteiger partial charge in [0.1, 0.15) is 5.60 Å². The van der Waals surface area contributed by atoms with Crippen LogP contribution in [0, 0.1) is 5.41 Å². The zero-order valence-electron chi connectivity index (χ0n) is 28.6. The van der Waals surface area contributed by atoms with Gasteiger partial charge >= 0.3 is 0 Å². The molecular formula is C40H58O3. The van der Waals surface area contributed by atoms with Gasteiger partial charge in [0, 0.05) is 0 Å². The predicted octanol–water partition coefficient (Wildman–Crippen LogP) is 10.3. The third-order valence-corrected chi connectivity index (χ3v) is 7.80. The lowest BCUT2D eigenvalue weighted by molar-refractivity contribution is -0.131. The summed E-state index contributed by atoms with van der Waals surface area (Å²) in [4.78, 5) is 12.4. The zero-order chi connectivity index (χ0) is 32.7. The molecule has 1 unspecified atom stereocenters. The maximum atomic E-state index is 12.4. The molecule has 0 spiro atoms. The van der Waals surface area contributed by atoms with Crippen molar-refractivity contribution >= 4 is 5.78 Å². The van der Waals surface area contributed by atoms with Crippen molar-refractivity contribution in [2.45, 2.75) is 119 Å². The maximum Gasteiger partial charge on any atom is 0.186 e. The molecule has 43 heavy (non-hydrogen) atoms. The van der Waals surface area contributed by atoms with E-state index in [9.17, 15) is 15.0 Å². The Morgan fingerprint density at radius 2 is 1.23 bits per heavy atom. The van der Waals surface area contributed by atoms with Gasteiger partial charge in [0.15, 0.2) is 5.78 Å². The molecule has 0 aromatic rings. The summed E-state index contributed by atoms with van der Waals surface area (Å²) in [5.41, 5.74) is 5.49.